The lowest BCUT2D eigenvalue weighted by Crippen LogP contribution is -2.32. The molecule has 70 valence electrons. The van der Waals surface area contributed by atoms with Gasteiger partial charge in [-0.25, -0.2) is 0 Å². The number of ether oxygens (including phenoxy) is 2. The lowest BCUT2D eigenvalue weighted by Gasteiger charge is -2.16. The van der Waals surface area contributed by atoms with Gasteiger partial charge < -0.3 is 15.2 Å². The Morgan fingerprint density at radius 2 is 2.42 bits per heavy atom. The topological polar surface area (TPSA) is 44.5 Å². The smallest absolute Gasteiger partial charge is 0.139 e. The zero-order chi connectivity index (χ0) is 8.97. The van der Waals surface area contributed by atoms with Crippen molar-refractivity contribution in [3.05, 3.63) is 0 Å². The second-order valence-electron chi connectivity index (χ2n) is 3.37. The first kappa shape index (κ1) is 10.0. The summed E-state index contributed by atoms with van der Waals surface area (Å²) in [4.78, 5) is 0. The van der Waals surface area contributed by atoms with Crippen molar-refractivity contribution in [3.63, 3.8) is 0 Å². The van der Waals surface area contributed by atoms with E-state index in [-0.39, 0.29) is 12.2 Å². The minimum Gasteiger partial charge on any atom is -0.380 e. The molecule has 0 aliphatic carbocycles. The van der Waals surface area contributed by atoms with Crippen LogP contribution in [0.5, 0.6) is 0 Å². The van der Waals surface area contributed by atoms with Crippen molar-refractivity contribution in [2.45, 2.75) is 38.0 Å². The van der Waals surface area contributed by atoms with Crippen molar-refractivity contribution in [1.29, 1.82) is 0 Å². The Morgan fingerprint density at radius 1 is 1.67 bits per heavy atom. The lowest BCUT2D eigenvalue weighted by molar-refractivity contribution is -0.00783. The second kappa shape index (κ2) is 4.85. The molecule has 0 aromatic carbocycles. The molecule has 12 heavy (non-hydrogen) atoms. The fraction of sp³-hybridized carbons (Fsp3) is 1.00. The Hall–Kier alpha value is -0.0551. The standard InChI is InChI=1S/C8H18BNO2/c1-2-3-11-6-4-8(9)12-7(6)5-10/h6-8H,2-5,9-10H2,1H3. The highest BCUT2D eigenvalue weighted by molar-refractivity contribution is 6.11. The molecule has 1 rings (SSSR count). The van der Waals surface area contributed by atoms with Gasteiger partial charge in [0.2, 0.25) is 0 Å². The first-order valence-corrected chi connectivity index (χ1v) is 4.75. The van der Waals surface area contributed by atoms with Crippen LogP contribution in [0.25, 0.3) is 0 Å². The highest BCUT2D eigenvalue weighted by atomic mass is 16.6. The van der Waals surface area contributed by atoms with Gasteiger partial charge in [0.1, 0.15) is 7.85 Å². The van der Waals surface area contributed by atoms with Gasteiger partial charge in [0.15, 0.2) is 0 Å². The van der Waals surface area contributed by atoms with Crippen LogP contribution >= 0.6 is 0 Å². The summed E-state index contributed by atoms with van der Waals surface area (Å²) in [6.07, 6.45) is 2.39. The predicted molar refractivity (Wildman–Crippen MR) is 50.9 cm³/mol. The molecule has 2 N–H and O–H groups in total. The highest BCUT2D eigenvalue weighted by Crippen LogP contribution is 2.20. The summed E-state index contributed by atoms with van der Waals surface area (Å²) >= 11 is 0. The van der Waals surface area contributed by atoms with Gasteiger partial charge in [0.25, 0.3) is 0 Å². The molecule has 1 saturated heterocycles. The maximum atomic E-state index is 5.62. The van der Waals surface area contributed by atoms with Crippen LogP contribution in [0.4, 0.5) is 0 Å². The summed E-state index contributed by atoms with van der Waals surface area (Å²) in [5.74, 6) is 0. The van der Waals surface area contributed by atoms with Gasteiger partial charge in [-0.3, -0.25) is 0 Å². The number of rotatable bonds is 4. The molecule has 3 unspecified atom stereocenters. The van der Waals surface area contributed by atoms with Gasteiger partial charge in [-0.1, -0.05) is 6.92 Å². The Labute approximate surface area is 75.0 Å². The van der Waals surface area contributed by atoms with Crippen LogP contribution in [0.3, 0.4) is 0 Å². The molecule has 0 amide bonds. The molecule has 1 fully saturated rings. The molecule has 0 bridgehead atoms. The Balaban J connectivity index is 2.30. The first-order chi connectivity index (χ1) is 5.77. The van der Waals surface area contributed by atoms with E-state index in [1.807, 2.05) is 0 Å². The third-order valence-electron chi connectivity index (χ3n) is 2.15. The molecule has 1 aliphatic heterocycles. The van der Waals surface area contributed by atoms with E-state index in [0.717, 1.165) is 19.4 Å². The van der Waals surface area contributed by atoms with Crippen molar-refractivity contribution < 1.29 is 9.47 Å². The largest absolute Gasteiger partial charge is 0.380 e. The monoisotopic (exact) mass is 171 g/mol. The summed E-state index contributed by atoms with van der Waals surface area (Å²) in [5, 5.41) is 0. The van der Waals surface area contributed by atoms with E-state index in [2.05, 4.69) is 14.8 Å². The van der Waals surface area contributed by atoms with E-state index in [4.69, 9.17) is 15.2 Å². The normalized spacial score (nSPS) is 35.7. The van der Waals surface area contributed by atoms with Crippen molar-refractivity contribution in [2.75, 3.05) is 13.2 Å². The fourth-order valence-electron chi connectivity index (χ4n) is 1.57. The van der Waals surface area contributed by atoms with Gasteiger partial charge >= 0.3 is 0 Å². The molecule has 1 aliphatic rings. The van der Waals surface area contributed by atoms with Crippen molar-refractivity contribution in [3.8, 4) is 0 Å². The van der Waals surface area contributed by atoms with Crippen LogP contribution in [0.15, 0.2) is 0 Å². The quantitative estimate of drug-likeness (QED) is 0.579. The van der Waals surface area contributed by atoms with Crippen LogP contribution < -0.4 is 5.73 Å². The van der Waals surface area contributed by atoms with Crippen molar-refractivity contribution in [2.24, 2.45) is 5.73 Å². The number of nitrogens with two attached hydrogens (primary N) is 1. The van der Waals surface area contributed by atoms with Gasteiger partial charge in [-0.15, -0.1) is 0 Å². The molecular formula is C8H18BNO2. The molecule has 4 heteroatoms. The third-order valence-corrected chi connectivity index (χ3v) is 2.15. The molecular weight excluding hydrogens is 153 g/mol. The van der Waals surface area contributed by atoms with Crippen LogP contribution in [0, 0.1) is 0 Å². The summed E-state index contributed by atoms with van der Waals surface area (Å²) in [7, 11) is 2.07. The first-order valence-electron chi connectivity index (χ1n) is 4.75. The van der Waals surface area contributed by atoms with E-state index >= 15 is 0 Å². The molecule has 0 radical (unpaired) electrons. The molecule has 0 aromatic heterocycles. The van der Waals surface area contributed by atoms with Crippen LogP contribution in [-0.4, -0.2) is 39.2 Å². The average Bonchev–Trinajstić information content (AvgIpc) is 2.42. The summed E-state index contributed by atoms with van der Waals surface area (Å²) in [6.45, 7) is 3.49. The van der Waals surface area contributed by atoms with Crippen LogP contribution in [0.1, 0.15) is 19.8 Å². The van der Waals surface area contributed by atoms with Gasteiger partial charge in [-0.2, -0.15) is 0 Å². The van der Waals surface area contributed by atoms with E-state index in [9.17, 15) is 0 Å². The zero-order valence-electron chi connectivity index (χ0n) is 7.95. The van der Waals surface area contributed by atoms with Gasteiger partial charge in [0.05, 0.1) is 12.2 Å². The van der Waals surface area contributed by atoms with E-state index in [1.54, 1.807) is 0 Å². The maximum Gasteiger partial charge on any atom is 0.139 e. The van der Waals surface area contributed by atoms with Crippen molar-refractivity contribution in [1.82, 2.24) is 0 Å². The van der Waals surface area contributed by atoms with E-state index < -0.39 is 0 Å². The third kappa shape index (κ3) is 2.47. The Kier molecular flexibility index (Phi) is 4.05. The minimum atomic E-state index is 0.117. The molecule has 3 atom stereocenters. The minimum absolute atomic E-state index is 0.117. The number of hydrogen-bond donors (Lipinski definition) is 1. The lowest BCUT2D eigenvalue weighted by atomic mass is 9.96. The molecule has 0 spiro atoms. The molecule has 0 aromatic rings. The van der Waals surface area contributed by atoms with Crippen molar-refractivity contribution >= 4 is 7.85 Å². The van der Waals surface area contributed by atoms with E-state index in [0.29, 0.717) is 12.5 Å². The summed E-state index contributed by atoms with van der Waals surface area (Å²) in [6, 6.07) is 0.306. The average molecular weight is 171 g/mol. The van der Waals surface area contributed by atoms with Gasteiger partial charge in [-0.05, 0) is 12.8 Å². The molecule has 3 nitrogen and oxygen atoms in total. The zero-order valence-corrected chi connectivity index (χ0v) is 7.95. The number of hydrogen-bond acceptors (Lipinski definition) is 3. The molecule has 1 heterocycles. The second-order valence-corrected chi connectivity index (χ2v) is 3.37. The molecule has 0 saturated carbocycles. The SMILES string of the molecule is BC1CC(OCCC)C(CN)O1. The van der Waals surface area contributed by atoms with Gasteiger partial charge in [0, 0.05) is 19.2 Å². The Bertz CT molecular complexity index is 134. The van der Waals surface area contributed by atoms with Crippen LogP contribution in [-0.2, 0) is 9.47 Å². The predicted octanol–water partition coefficient (Wildman–Crippen LogP) is -0.512. The van der Waals surface area contributed by atoms with E-state index in [1.165, 1.54) is 0 Å². The fourth-order valence-corrected chi connectivity index (χ4v) is 1.57. The maximum absolute atomic E-state index is 5.62. The highest BCUT2D eigenvalue weighted by Gasteiger charge is 2.31. The Morgan fingerprint density at radius 3 is 3.00 bits per heavy atom. The summed E-state index contributed by atoms with van der Waals surface area (Å²) in [5.41, 5.74) is 5.55. The summed E-state index contributed by atoms with van der Waals surface area (Å²) < 4.78 is 11.2. The van der Waals surface area contributed by atoms with Crippen LogP contribution in [0.2, 0.25) is 0 Å².